The van der Waals surface area contributed by atoms with Gasteiger partial charge in [0.1, 0.15) is 0 Å². The van der Waals surface area contributed by atoms with E-state index < -0.39 is 12.1 Å². The maximum atomic E-state index is 10.6. The lowest BCUT2D eigenvalue weighted by atomic mass is 10.1. The highest BCUT2D eigenvalue weighted by atomic mass is 16.4. The molecule has 1 heterocycles. The molecule has 2 aromatic rings. The van der Waals surface area contributed by atoms with Gasteiger partial charge in [0.25, 0.3) is 0 Å². The van der Waals surface area contributed by atoms with Gasteiger partial charge in [0.2, 0.25) is 0 Å². The smallest absolute Gasteiger partial charge is 0.404 e. The molecule has 18 heavy (non-hydrogen) atoms. The highest BCUT2D eigenvalue weighted by Gasteiger charge is 2.14. The normalized spacial score (nSPS) is 12.6. The minimum atomic E-state index is -1.12. The monoisotopic (exact) mass is 248 g/mol. The van der Waals surface area contributed by atoms with Gasteiger partial charge < -0.3 is 20.1 Å². The van der Waals surface area contributed by atoms with E-state index in [0.29, 0.717) is 6.42 Å². The molecule has 1 aromatic carbocycles. The largest absolute Gasteiger partial charge is 0.465 e. The van der Waals surface area contributed by atoms with Crippen LogP contribution in [-0.4, -0.2) is 33.5 Å². The first-order chi connectivity index (χ1) is 8.61. The number of aliphatic hydroxyl groups excluding tert-OH is 1. The number of para-hydroxylation sites is 1. The summed E-state index contributed by atoms with van der Waals surface area (Å²) in [6.45, 7) is -0.214. The molecule has 0 bridgehead atoms. The Morgan fingerprint density at radius 3 is 2.78 bits per heavy atom. The SMILES string of the molecule is Cn1c(C[C@@H](CO)NC(=O)O)cc2ccccc21. The summed E-state index contributed by atoms with van der Waals surface area (Å²) in [5, 5.41) is 21.3. The van der Waals surface area contributed by atoms with Gasteiger partial charge in [-0.3, -0.25) is 0 Å². The van der Waals surface area contributed by atoms with E-state index in [-0.39, 0.29) is 6.61 Å². The summed E-state index contributed by atoms with van der Waals surface area (Å²) >= 11 is 0. The molecule has 0 saturated heterocycles. The van der Waals surface area contributed by atoms with Crippen molar-refractivity contribution < 1.29 is 15.0 Å². The fourth-order valence-electron chi connectivity index (χ4n) is 2.13. The van der Waals surface area contributed by atoms with E-state index >= 15 is 0 Å². The van der Waals surface area contributed by atoms with Crippen molar-refractivity contribution in [2.24, 2.45) is 7.05 Å². The van der Waals surface area contributed by atoms with Crippen molar-refractivity contribution in [3.8, 4) is 0 Å². The fraction of sp³-hybridized carbons (Fsp3) is 0.308. The minimum Gasteiger partial charge on any atom is -0.465 e. The highest BCUT2D eigenvalue weighted by Crippen LogP contribution is 2.19. The molecule has 5 nitrogen and oxygen atoms in total. The number of nitrogens with zero attached hydrogens (tertiary/aromatic N) is 1. The van der Waals surface area contributed by atoms with Gasteiger partial charge in [0.05, 0.1) is 12.6 Å². The first-order valence-electron chi connectivity index (χ1n) is 5.75. The number of aryl methyl sites for hydroxylation is 1. The first kappa shape index (κ1) is 12.4. The van der Waals surface area contributed by atoms with Gasteiger partial charge in [-0.1, -0.05) is 18.2 Å². The summed E-state index contributed by atoms with van der Waals surface area (Å²) in [6, 6.07) is 9.48. The van der Waals surface area contributed by atoms with Gasteiger partial charge in [0.15, 0.2) is 0 Å². The average molecular weight is 248 g/mol. The topological polar surface area (TPSA) is 74.5 Å². The molecule has 1 atom stereocenters. The summed E-state index contributed by atoms with van der Waals surface area (Å²) in [5.41, 5.74) is 2.09. The van der Waals surface area contributed by atoms with Crippen molar-refractivity contribution in [2.45, 2.75) is 12.5 Å². The van der Waals surface area contributed by atoms with E-state index in [2.05, 4.69) is 5.32 Å². The van der Waals surface area contributed by atoms with Crippen LogP contribution >= 0.6 is 0 Å². The summed E-state index contributed by atoms with van der Waals surface area (Å²) in [4.78, 5) is 10.6. The maximum absolute atomic E-state index is 10.6. The number of hydrogen-bond donors (Lipinski definition) is 3. The van der Waals surface area contributed by atoms with E-state index in [1.807, 2.05) is 41.9 Å². The van der Waals surface area contributed by atoms with E-state index in [9.17, 15) is 4.79 Å². The fourth-order valence-corrected chi connectivity index (χ4v) is 2.13. The molecule has 0 aliphatic heterocycles. The Balaban J connectivity index is 2.25. The van der Waals surface area contributed by atoms with Gasteiger partial charge in [0, 0.05) is 24.7 Å². The van der Waals surface area contributed by atoms with Crippen LogP contribution in [0.5, 0.6) is 0 Å². The minimum absolute atomic E-state index is 0.214. The van der Waals surface area contributed by atoms with Crippen LogP contribution in [0.15, 0.2) is 30.3 Å². The predicted octanol–water partition coefficient (Wildman–Crippen LogP) is 1.35. The Hall–Kier alpha value is -2.01. The summed E-state index contributed by atoms with van der Waals surface area (Å²) < 4.78 is 2.02. The Bertz CT molecular complexity index is 562. The molecular formula is C13H16N2O3. The van der Waals surface area contributed by atoms with Gasteiger partial charge in [-0.2, -0.15) is 0 Å². The number of aliphatic hydroxyl groups is 1. The maximum Gasteiger partial charge on any atom is 0.404 e. The molecule has 2 rings (SSSR count). The van der Waals surface area contributed by atoms with Gasteiger partial charge >= 0.3 is 6.09 Å². The van der Waals surface area contributed by atoms with Crippen molar-refractivity contribution >= 4 is 17.0 Å². The van der Waals surface area contributed by atoms with Crippen LogP contribution in [-0.2, 0) is 13.5 Å². The standard InChI is InChI=1S/C13H16N2O3/c1-15-11(7-10(8-16)14-13(17)18)6-9-4-2-3-5-12(9)15/h2-6,10,14,16H,7-8H2,1H3,(H,17,18)/t10-/m0/s1. The van der Waals surface area contributed by atoms with Crippen molar-refractivity contribution in [3.63, 3.8) is 0 Å². The number of benzene rings is 1. The Morgan fingerprint density at radius 2 is 2.17 bits per heavy atom. The van der Waals surface area contributed by atoms with Crippen molar-refractivity contribution in [1.29, 1.82) is 0 Å². The van der Waals surface area contributed by atoms with Crippen LogP contribution in [0.4, 0.5) is 4.79 Å². The number of carbonyl (C=O) groups is 1. The van der Waals surface area contributed by atoms with Crippen LogP contribution in [0.2, 0.25) is 0 Å². The first-order valence-corrected chi connectivity index (χ1v) is 5.75. The molecule has 0 aliphatic rings. The van der Waals surface area contributed by atoms with Crippen molar-refractivity contribution in [3.05, 3.63) is 36.0 Å². The number of carboxylic acid groups (broad SMARTS) is 1. The lowest BCUT2D eigenvalue weighted by Gasteiger charge is -2.14. The molecule has 1 aromatic heterocycles. The third-order valence-corrected chi connectivity index (χ3v) is 3.05. The number of aromatic nitrogens is 1. The molecule has 0 spiro atoms. The van der Waals surface area contributed by atoms with Gasteiger partial charge in [-0.15, -0.1) is 0 Å². The van der Waals surface area contributed by atoms with E-state index in [1.165, 1.54) is 0 Å². The van der Waals surface area contributed by atoms with E-state index in [0.717, 1.165) is 16.6 Å². The van der Waals surface area contributed by atoms with Crippen LogP contribution in [0.25, 0.3) is 10.9 Å². The van der Waals surface area contributed by atoms with Gasteiger partial charge in [-0.25, -0.2) is 4.79 Å². The molecule has 0 unspecified atom stereocenters. The number of hydrogen-bond acceptors (Lipinski definition) is 2. The Morgan fingerprint density at radius 1 is 1.44 bits per heavy atom. The van der Waals surface area contributed by atoms with Crippen LogP contribution in [0.1, 0.15) is 5.69 Å². The Kier molecular flexibility index (Phi) is 3.53. The molecule has 5 heteroatoms. The molecular weight excluding hydrogens is 232 g/mol. The number of amides is 1. The second kappa shape index (κ2) is 5.10. The molecule has 0 radical (unpaired) electrons. The second-order valence-corrected chi connectivity index (χ2v) is 4.29. The molecule has 96 valence electrons. The zero-order chi connectivity index (χ0) is 13.1. The number of nitrogens with one attached hydrogen (secondary N) is 1. The molecule has 3 N–H and O–H groups in total. The lowest BCUT2D eigenvalue weighted by molar-refractivity contribution is 0.177. The third kappa shape index (κ3) is 2.46. The number of fused-ring (bicyclic) bond motifs is 1. The summed E-state index contributed by atoms with van der Waals surface area (Å²) in [7, 11) is 1.94. The molecule has 0 fully saturated rings. The predicted molar refractivity (Wildman–Crippen MR) is 68.7 cm³/mol. The van der Waals surface area contributed by atoms with Crippen LogP contribution in [0, 0.1) is 0 Å². The molecule has 0 aliphatic carbocycles. The Labute approximate surface area is 105 Å². The zero-order valence-corrected chi connectivity index (χ0v) is 10.1. The number of rotatable bonds is 4. The van der Waals surface area contributed by atoms with E-state index in [4.69, 9.17) is 10.2 Å². The van der Waals surface area contributed by atoms with Gasteiger partial charge in [-0.05, 0) is 17.5 Å². The zero-order valence-electron chi connectivity index (χ0n) is 10.1. The second-order valence-electron chi connectivity index (χ2n) is 4.29. The average Bonchev–Trinajstić information content (AvgIpc) is 2.66. The third-order valence-electron chi connectivity index (χ3n) is 3.05. The summed E-state index contributed by atoms with van der Waals surface area (Å²) in [5.74, 6) is 0. The highest BCUT2D eigenvalue weighted by molar-refractivity contribution is 5.81. The summed E-state index contributed by atoms with van der Waals surface area (Å²) in [6.07, 6.45) is -0.652. The lowest BCUT2D eigenvalue weighted by Crippen LogP contribution is -2.38. The molecule has 1 amide bonds. The van der Waals surface area contributed by atoms with Crippen LogP contribution < -0.4 is 5.32 Å². The van der Waals surface area contributed by atoms with Crippen LogP contribution in [0.3, 0.4) is 0 Å². The van der Waals surface area contributed by atoms with E-state index in [1.54, 1.807) is 0 Å². The van der Waals surface area contributed by atoms with Crippen molar-refractivity contribution in [1.82, 2.24) is 9.88 Å². The van der Waals surface area contributed by atoms with Crippen molar-refractivity contribution in [2.75, 3.05) is 6.61 Å². The quantitative estimate of drug-likeness (QED) is 0.764. The molecule has 0 saturated carbocycles.